The molecule has 0 bridgehead atoms. The molecule has 2 aromatic carbocycles. The average molecular weight is 659 g/mol. The Bertz CT molecular complexity index is 1830. The maximum Gasteiger partial charge on any atom is 0.410 e. The Balaban J connectivity index is 1.09. The molecule has 47 heavy (non-hydrogen) atoms. The van der Waals surface area contributed by atoms with Gasteiger partial charge in [-0.05, 0) is 69.0 Å². The number of likely N-dealkylation sites (tertiary alicyclic amines) is 1. The predicted molar refractivity (Wildman–Crippen MR) is 173 cm³/mol. The Morgan fingerprint density at radius 1 is 1.11 bits per heavy atom. The number of ether oxygens (including phenoxy) is 2. The third-order valence-corrected chi connectivity index (χ3v) is 9.26. The van der Waals surface area contributed by atoms with Gasteiger partial charge in [0.1, 0.15) is 23.3 Å². The van der Waals surface area contributed by atoms with Crippen molar-refractivity contribution in [2.24, 2.45) is 0 Å². The fourth-order valence-electron chi connectivity index (χ4n) is 6.40. The van der Waals surface area contributed by atoms with E-state index in [1.807, 2.05) is 37.5 Å². The lowest BCUT2D eigenvalue weighted by Gasteiger charge is -2.26. The summed E-state index contributed by atoms with van der Waals surface area (Å²) in [7, 11) is 0. The third kappa shape index (κ3) is 6.19. The van der Waals surface area contributed by atoms with Gasteiger partial charge in [-0.2, -0.15) is 0 Å². The van der Waals surface area contributed by atoms with E-state index in [9.17, 15) is 14.4 Å². The molecule has 0 spiro atoms. The summed E-state index contributed by atoms with van der Waals surface area (Å²) < 4.78 is 29.3. The van der Waals surface area contributed by atoms with Crippen LogP contribution in [-0.4, -0.2) is 67.0 Å². The van der Waals surface area contributed by atoms with Crippen molar-refractivity contribution in [1.82, 2.24) is 24.3 Å². The molecule has 1 fully saturated rings. The van der Waals surface area contributed by atoms with Gasteiger partial charge in [0.15, 0.2) is 11.2 Å². The van der Waals surface area contributed by atoms with Crippen molar-refractivity contribution in [3.8, 4) is 16.9 Å². The van der Waals surface area contributed by atoms with Gasteiger partial charge in [0.05, 0.1) is 25.1 Å². The number of imidazole rings is 1. The second-order valence-corrected chi connectivity index (χ2v) is 13.9. The van der Waals surface area contributed by atoms with Crippen LogP contribution >= 0.6 is 11.3 Å². The highest BCUT2D eigenvalue weighted by Crippen LogP contribution is 2.38. The van der Waals surface area contributed by atoms with E-state index in [0.29, 0.717) is 47.2 Å². The van der Waals surface area contributed by atoms with Crippen molar-refractivity contribution in [2.45, 2.75) is 70.9 Å². The molecule has 2 aromatic heterocycles. The molecule has 3 aliphatic rings. The molecule has 1 N–H and O–H groups in total. The van der Waals surface area contributed by atoms with Gasteiger partial charge in [0, 0.05) is 47.9 Å². The number of nitrogens with one attached hydrogen (secondary N) is 1. The first-order chi connectivity index (χ1) is 22.5. The molecule has 5 heterocycles. The van der Waals surface area contributed by atoms with Crippen molar-refractivity contribution in [1.29, 1.82) is 0 Å². The predicted octanol–water partition coefficient (Wildman–Crippen LogP) is 5.82. The lowest BCUT2D eigenvalue weighted by Crippen LogP contribution is -2.38. The lowest BCUT2D eigenvalue weighted by atomic mass is 9.99. The first kappa shape index (κ1) is 30.9. The van der Waals surface area contributed by atoms with Crippen molar-refractivity contribution in [2.75, 3.05) is 18.4 Å². The third-order valence-electron chi connectivity index (χ3n) is 8.57. The minimum Gasteiger partial charge on any atom is -0.489 e. The number of hydrogen-bond acceptors (Lipinski definition) is 8. The second kappa shape index (κ2) is 12.1. The average Bonchev–Trinajstić information content (AvgIpc) is 3.85. The summed E-state index contributed by atoms with van der Waals surface area (Å²) in [5.41, 5.74) is 2.55. The van der Waals surface area contributed by atoms with Crippen molar-refractivity contribution >= 4 is 34.4 Å². The first-order valence-electron chi connectivity index (χ1n) is 15.7. The Labute approximate surface area is 275 Å². The molecule has 0 radical (unpaired) electrons. The van der Waals surface area contributed by atoms with Crippen LogP contribution in [0.1, 0.15) is 67.0 Å². The number of halogens is 1. The van der Waals surface area contributed by atoms with E-state index in [1.165, 1.54) is 22.3 Å². The first-order valence-corrected chi connectivity index (χ1v) is 16.5. The van der Waals surface area contributed by atoms with Crippen LogP contribution in [0.25, 0.3) is 11.1 Å². The topological polar surface area (TPSA) is 119 Å². The lowest BCUT2D eigenvalue weighted by molar-refractivity contribution is -0.121. The normalized spacial score (nSPS) is 17.9. The van der Waals surface area contributed by atoms with Crippen molar-refractivity contribution in [3.05, 3.63) is 82.6 Å². The van der Waals surface area contributed by atoms with Crippen LogP contribution in [0, 0.1) is 5.82 Å². The molecule has 0 saturated carbocycles. The zero-order chi connectivity index (χ0) is 32.9. The van der Waals surface area contributed by atoms with Gasteiger partial charge in [-0.15, -0.1) is 11.3 Å². The molecule has 4 aromatic rings. The molecule has 3 amide bonds. The number of benzene rings is 2. The monoisotopic (exact) mass is 658 g/mol. The summed E-state index contributed by atoms with van der Waals surface area (Å²) >= 11 is 1.27. The molecule has 0 aliphatic carbocycles. The molecule has 2 atom stereocenters. The number of carbonyl (C=O) groups is 3. The Morgan fingerprint density at radius 3 is 2.66 bits per heavy atom. The summed E-state index contributed by atoms with van der Waals surface area (Å²) in [6.07, 6.45) is 5.10. The molecule has 3 aliphatic heterocycles. The summed E-state index contributed by atoms with van der Waals surface area (Å²) in [5, 5.41) is 4.98. The number of aromatic nitrogens is 3. The molecule has 13 heteroatoms. The van der Waals surface area contributed by atoms with E-state index in [-0.39, 0.29) is 29.9 Å². The van der Waals surface area contributed by atoms with Gasteiger partial charge in [-0.3, -0.25) is 14.9 Å². The Hall–Kier alpha value is -4.78. The van der Waals surface area contributed by atoms with Crippen LogP contribution in [0.15, 0.2) is 54.3 Å². The van der Waals surface area contributed by atoms with E-state index < -0.39 is 29.3 Å². The number of fused-ring (bicyclic) bond motifs is 2. The van der Waals surface area contributed by atoms with Crippen molar-refractivity contribution < 1.29 is 28.2 Å². The Morgan fingerprint density at radius 2 is 1.91 bits per heavy atom. The largest absolute Gasteiger partial charge is 0.489 e. The van der Waals surface area contributed by atoms with Crippen LogP contribution in [0.2, 0.25) is 0 Å². The summed E-state index contributed by atoms with van der Waals surface area (Å²) in [6.45, 7) is 7.22. The highest BCUT2D eigenvalue weighted by molar-refractivity contribution is 7.13. The highest BCUT2D eigenvalue weighted by atomic mass is 32.1. The number of carbonyl (C=O) groups excluding carboxylic acids is 3. The zero-order valence-electron chi connectivity index (χ0n) is 26.4. The molecule has 1 unspecified atom stereocenters. The van der Waals surface area contributed by atoms with Gasteiger partial charge in [-0.25, -0.2) is 19.2 Å². The molecule has 1 saturated heterocycles. The van der Waals surface area contributed by atoms with Gasteiger partial charge in [0.2, 0.25) is 0 Å². The van der Waals surface area contributed by atoms with Gasteiger partial charge >= 0.3 is 6.09 Å². The zero-order valence-corrected chi connectivity index (χ0v) is 27.2. The summed E-state index contributed by atoms with van der Waals surface area (Å²) in [5.74, 6) is -0.774. The van der Waals surface area contributed by atoms with E-state index in [4.69, 9.17) is 9.47 Å². The summed E-state index contributed by atoms with van der Waals surface area (Å²) in [4.78, 5) is 51.8. The SMILES string of the molecule is CC(C)(C)OC(=O)N1CC[C@@H](Oc2ccc(-c3cc(F)c4c(c3)C(=O)N(C(C(=O)Nc3nccs3)c3ncn5c3CCC5)C4)cc2)C1. The molecule has 244 valence electrons. The van der Waals surface area contributed by atoms with Crippen LogP contribution in [0.4, 0.5) is 14.3 Å². The highest BCUT2D eigenvalue weighted by Gasteiger charge is 2.42. The molecular formula is C34H35FN6O5S. The van der Waals surface area contributed by atoms with Gasteiger partial charge in [-0.1, -0.05) is 12.1 Å². The second-order valence-electron chi connectivity index (χ2n) is 13.0. The van der Waals surface area contributed by atoms with Crippen LogP contribution < -0.4 is 10.1 Å². The molecule has 11 nitrogen and oxygen atoms in total. The van der Waals surface area contributed by atoms with E-state index in [2.05, 4.69) is 15.3 Å². The summed E-state index contributed by atoms with van der Waals surface area (Å²) in [6, 6.07) is 9.26. The standard InChI is InChI=1S/C34H35FN6O5S/c1-34(2,3)46-33(44)39-13-10-23(17-39)45-22-8-6-20(7-9-22)21-15-24-25(26(35)16-21)18-41(31(24)43)29(30(42)38-32-36-11-14-47-32)28-27-5-4-12-40(27)19-37-28/h6-9,11,14-16,19,23,29H,4-5,10,12-13,17-18H2,1-3H3,(H,36,38,42)/t23-,29?/m1/s1. The van der Waals surface area contributed by atoms with E-state index in [0.717, 1.165) is 25.1 Å². The number of anilines is 1. The van der Waals surface area contributed by atoms with Crippen molar-refractivity contribution in [3.63, 3.8) is 0 Å². The maximum absolute atomic E-state index is 15.7. The van der Waals surface area contributed by atoms with Gasteiger partial charge in [0.25, 0.3) is 11.8 Å². The van der Waals surface area contributed by atoms with Crippen LogP contribution in [-0.2, 0) is 29.0 Å². The number of rotatable bonds is 7. The smallest absolute Gasteiger partial charge is 0.410 e. The molecular weight excluding hydrogens is 623 g/mol. The quantitative estimate of drug-likeness (QED) is 0.266. The number of amides is 3. The fourth-order valence-corrected chi connectivity index (χ4v) is 6.93. The fraction of sp³-hybridized carbons (Fsp3) is 0.382. The number of thiazole rings is 1. The van der Waals surface area contributed by atoms with Gasteiger partial charge < -0.3 is 23.8 Å². The minimum absolute atomic E-state index is 0.0585. The number of aryl methyl sites for hydroxylation is 1. The van der Waals surface area contributed by atoms with Crippen LogP contribution in [0.5, 0.6) is 5.75 Å². The van der Waals surface area contributed by atoms with E-state index >= 15 is 4.39 Å². The minimum atomic E-state index is -1.05. The Kier molecular flexibility index (Phi) is 7.95. The van der Waals surface area contributed by atoms with Crippen LogP contribution in [0.3, 0.4) is 0 Å². The number of nitrogens with zero attached hydrogens (tertiary/aromatic N) is 5. The number of hydrogen-bond donors (Lipinski definition) is 1. The maximum atomic E-state index is 15.7. The molecule has 7 rings (SSSR count). The van der Waals surface area contributed by atoms with E-state index in [1.54, 1.807) is 41.0 Å².